The summed E-state index contributed by atoms with van der Waals surface area (Å²) < 4.78 is 52.6. The lowest BCUT2D eigenvalue weighted by molar-refractivity contribution is -0.195. The first-order valence-corrected chi connectivity index (χ1v) is 7.61. The maximum atomic E-state index is 13.3. The van der Waals surface area contributed by atoms with E-state index in [4.69, 9.17) is 0 Å². The Kier molecular flexibility index (Phi) is 4.91. The van der Waals surface area contributed by atoms with Crippen LogP contribution in [0.4, 0.5) is 17.6 Å². The van der Waals surface area contributed by atoms with Gasteiger partial charge in [-0.2, -0.15) is 13.2 Å². The van der Waals surface area contributed by atoms with Crippen LogP contribution in [0.5, 0.6) is 0 Å². The minimum absolute atomic E-state index is 0.173. The lowest BCUT2D eigenvalue weighted by atomic mass is 10.1. The Morgan fingerprint density at radius 2 is 1.86 bits per heavy atom. The molecule has 1 aliphatic carbocycles. The first kappa shape index (κ1) is 16.3. The van der Waals surface area contributed by atoms with Gasteiger partial charge in [0.15, 0.2) is 0 Å². The molecular formula is C14H14BrF4NO. The Morgan fingerprint density at radius 1 is 1.29 bits per heavy atom. The van der Waals surface area contributed by atoms with Crippen molar-refractivity contribution in [2.24, 2.45) is 5.92 Å². The fraction of sp³-hybridized carbons (Fsp3) is 0.500. The molecule has 0 N–H and O–H groups in total. The van der Waals surface area contributed by atoms with Gasteiger partial charge in [-0.1, -0.05) is 28.1 Å². The molecule has 0 aliphatic heterocycles. The quantitative estimate of drug-likeness (QED) is 0.571. The number of hydrogen-bond acceptors (Lipinski definition) is 1. The number of halogens is 5. The molecule has 21 heavy (non-hydrogen) atoms. The van der Waals surface area contributed by atoms with Crippen LogP contribution in [-0.2, 0) is 11.3 Å². The molecule has 0 bridgehead atoms. The van der Waals surface area contributed by atoms with Crippen molar-refractivity contribution in [3.8, 4) is 0 Å². The second-order valence-electron chi connectivity index (χ2n) is 5.11. The number of alkyl halides is 4. The van der Waals surface area contributed by atoms with Crippen molar-refractivity contribution >= 4 is 21.8 Å². The molecule has 116 valence electrons. The van der Waals surface area contributed by atoms with E-state index in [1.54, 1.807) is 0 Å². The van der Waals surface area contributed by atoms with Crippen LogP contribution in [-0.4, -0.2) is 28.4 Å². The first-order valence-electron chi connectivity index (χ1n) is 6.49. The molecule has 7 heteroatoms. The van der Waals surface area contributed by atoms with E-state index in [2.05, 4.69) is 15.9 Å². The van der Waals surface area contributed by atoms with Gasteiger partial charge in [0.2, 0.25) is 5.91 Å². The van der Waals surface area contributed by atoms with E-state index >= 15 is 0 Å². The van der Waals surface area contributed by atoms with Gasteiger partial charge >= 0.3 is 6.18 Å². The molecule has 1 atom stereocenters. The summed E-state index contributed by atoms with van der Waals surface area (Å²) in [5.41, 5.74) is 0.473. The zero-order valence-corrected chi connectivity index (χ0v) is 12.6. The van der Waals surface area contributed by atoms with Crippen LogP contribution in [0.25, 0.3) is 0 Å². The average Bonchev–Trinajstić information content (AvgIpc) is 3.22. The molecule has 1 aromatic rings. The fourth-order valence-electron chi connectivity index (χ4n) is 2.32. The third-order valence-electron chi connectivity index (χ3n) is 3.44. The molecule has 1 saturated carbocycles. The highest BCUT2D eigenvalue weighted by Gasteiger charge is 2.53. The highest BCUT2D eigenvalue weighted by atomic mass is 79.9. The van der Waals surface area contributed by atoms with E-state index in [-0.39, 0.29) is 11.9 Å². The van der Waals surface area contributed by atoms with Crippen LogP contribution in [0, 0.1) is 11.7 Å². The summed E-state index contributed by atoms with van der Waals surface area (Å²) in [4.78, 5) is 12.8. The summed E-state index contributed by atoms with van der Waals surface area (Å²) in [5, 5.41) is -0.173. The van der Waals surface area contributed by atoms with E-state index < -0.39 is 29.9 Å². The molecule has 2 rings (SSSR count). The maximum Gasteiger partial charge on any atom is 0.409 e. The summed E-state index contributed by atoms with van der Waals surface area (Å²) in [5.74, 6) is -1.62. The van der Waals surface area contributed by atoms with Gasteiger partial charge in [-0.3, -0.25) is 4.79 Å². The number of carbonyl (C=O) groups excluding carboxylic acids is 1. The maximum absolute atomic E-state index is 13.3. The Hall–Kier alpha value is -1.11. The Morgan fingerprint density at radius 3 is 2.29 bits per heavy atom. The number of amides is 1. The lowest BCUT2D eigenvalue weighted by Gasteiger charge is -2.33. The molecule has 0 spiro atoms. The lowest BCUT2D eigenvalue weighted by Crippen LogP contribution is -2.50. The van der Waals surface area contributed by atoms with Crippen LogP contribution < -0.4 is 0 Å². The zero-order chi connectivity index (χ0) is 15.6. The van der Waals surface area contributed by atoms with Crippen molar-refractivity contribution < 1.29 is 22.4 Å². The molecule has 1 amide bonds. The van der Waals surface area contributed by atoms with Crippen molar-refractivity contribution in [3.63, 3.8) is 0 Å². The number of rotatable bonds is 5. The minimum atomic E-state index is -4.46. The average molecular weight is 368 g/mol. The summed E-state index contributed by atoms with van der Waals surface area (Å²) in [6.07, 6.45) is -3.52. The van der Waals surface area contributed by atoms with Crippen LogP contribution in [0.2, 0.25) is 0 Å². The summed E-state index contributed by atoms with van der Waals surface area (Å²) in [6, 6.07) is 3.36. The smallest absolute Gasteiger partial charge is 0.325 e. The topological polar surface area (TPSA) is 20.3 Å². The van der Waals surface area contributed by atoms with Crippen molar-refractivity contribution in [2.45, 2.75) is 31.6 Å². The van der Waals surface area contributed by atoms with E-state index in [0.717, 1.165) is 4.90 Å². The molecule has 1 aliphatic rings. The molecule has 0 saturated heterocycles. The van der Waals surface area contributed by atoms with Gasteiger partial charge < -0.3 is 4.90 Å². The number of benzene rings is 1. The second-order valence-corrected chi connectivity index (χ2v) is 5.67. The van der Waals surface area contributed by atoms with Gasteiger partial charge in [0, 0.05) is 6.54 Å². The van der Waals surface area contributed by atoms with Crippen molar-refractivity contribution in [1.82, 2.24) is 4.90 Å². The number of nitrogens with zero attached hydrogens (tertiary/aromatic N) is 1. The van der Waals surface area contributed by atoms with Crippen molar-refractivity contribution in [2.75, 3.05) is 5.33 Å². The van der Waals surface area contributed by atoms with Crippen molar-refractivity contribution in [1.29, 1.82) is 0 Å². The Labute approximate surface area is 128 Å². The third kappa shape index (κ3) is 4.18. The van der Waals surface area contributed by atoms with Gasteiger partial charge in [-0.05, 0) is 36.5 Å². The van der Waals surface area contributed by atoms with Gasteiger partial charge in [-0.15, -0.1) is 0 Å². The molecule has 0 heterocycles. The highest BCUT2D eigenvalue weighted by Crippen LogP contribution is 2.43. The highest BCUT2D eigenvalue weighted by molar-refractivity contribution is 9.09. The SMILES string of the molecule is O=C(CBr)N(Cc1ccc(F)cc1)C(C1CC1)C(F)(F)F. The summed E-state index contributed by atoms with van der Waals surface area (Å²) >= 11 is 2.93. The molecule has 1 fully saturated rings. The Bertz CT molecular complexity index is 499. The van der Waals surface area contributed by atoms with Gasteiger partial charge in [0.25, 0.3) is 0 Å². The molecule has 0 aromatic heterocycles. The van der Waals surface area contributed by atoms with E-state index in [1.165, 1.54) is 24.3 Å². The van der Waals surface area contributed by atoms with Gasteiger partial charge in [0.05, 0.1) is 5.33 Å². The Balaban J connectivity index is 2.24. The van der Waals surface area contributed by atoms with Crippen LogP contribution >= 0.6 is 15.9 Å². The first-order chi connectivity index (χ1) is 9.82. The summed E-state index contributed by atoms with van der Waals surface area (Å²) in [7, 11) is 0. The van der Waals surface area contributed by atoms with Gasteiger partial charge in [-0.25, -0.2) is 4.39 Å². The van der Waals surface area contributed by atoms with Crippen LogP contribution in [0.1, 0.15) is 18.4 Å². The zero-order valence-electron chi connectivity index (χ0n) is 11.0. The van der Waals surface area contributed by atoms with Crippen LogP contribution in [0.3, 0.4) is 0 Å². The predicted octanol–water partition coefficient (Wildman–Crippen LogP) is 3.89. The van der Waals surface area contributed by atoms with Crippen LogP contribution in [0.15, 0.2) is 24.3 Å². The van der Waals surface area contributed by atoms with Gasteiger partial charge in [0.1, 0.15) is 11.9 Å². The normalized spacial score (nSPS) is 16.6. The van der Waals surface area contributed by atoms with E-state index in [0.29, 0.717) is 18.4 Å². The van der Waals surface area contributed by atoms with E-state index in [1.807, 2.05) is 0 Å². The largest absolute Gasteiger partial charge is 0.409 e. The second kappa shape index (κ2) is 6.34. The molecule has 1 unspecified atom stereocenters. The summed E-state index contributed by atoms with van der Waals surface area (Å²) in [6.45, 7) is -0.175. The molecular weight excluding hydrogens is 354 g/mol. The standard InChI is InChI=1S/C14H14BrF4NO/c15-7-12(21)20(8-9-1-5-11(16)6-2-9)13(10-3-4-10)14(17,18)19/h1-2,5-6,10,13H,3-4,7-8H2. The minimum Gasteiger partial charge on any atom is -0.325 e. The molecule has 0 radical (unpaired) electrons. The fourth-order valence-corrected chi connectivity index (χ4v) is 2.64. The third-order valence-corrected chi connectivity index (χ3v) is 3.92. The predicted molar refractivity (Wildman–Crippen MR) is 73.3 cm³/mol. The van der Waals surface area contributed by atoms with E-state index in [9.17, 15) is 22.4 Å². The molecule has 2 nitrogen and oxygen atoms in total. The number of hydrogen-bond donors (Lipinski definition) is 0. The number of carbonyl (C=O) groups is 1. The molecule has 1 aromatic carbocycles. The monoisotopic (exact) mass is 367 g/mol. The van der Waals surface area contributed by atoms with Crippen molar-refractivity contribution in [3.05, 3.63) is 35.6 Å².